The van der Waals surface area contributed by atoms with E-state index in [0.717, 1.165) is 50.5 Å². The third kappa shape index (κ3) is 9.92. The Labute approximate surface area is 364 Å². The number of pyridine rings is 2. The van der Waals surface area contributed by atoms with E-state index in [1.54, 1.807) is 36.5 Å². The van der Waals surface area contributed by atoms with E-state index in [1.165, 1.54) is 0 Å². The number of nitrogens with one attached hydrogen (secondary N) is 1. The Morgan fingerprint density at radius 1 is 0.885 bits per heavy atom. The molecule has 8 rings (SSSR count). The van der Waals surface area contributed by atoms with E-state index in [1.807, 2.05) is 98.5 Å². The van der Waals surface area contributed by atoms with Gasteiger partial charge < -0.3 is 29.4 Å². The van der Waals surface area contributed by atoms with E-state index in [4.69, 9.17) is 47.1 Å². The number of carboxylic acids is 1. The maximum atomic E-state index is 14.2. The second-order valence-corrected chi connectivity index (χ2v) is 16.2. The van der Waals surface area contributed by atoms with E-state index < -0.39 is 18.1 Å². The summed E-state index contributed by atoms with van der Waals surface area (Å²) in [5.41, 5.74) is 7.98. The van der Waals surface area contributed by atoms with Gasteiger partial charge in [0.15, 0.2) is 17.6 Å². The molecule has 0 saturated heterocycles. The molecule has 3 atom stereocenters. The molecule has 0 spiro atoms. The number of halogens is 2. The van der Waals surface area contributed by atoms with Crippen molar-refractivity contribution >= 4 is 35.1 Å². The van der Waals surface area contributed by atoms with Crippen LogP contribution in [0.4, 0.5) is 0 Å². The number of hydrogen-bond acceptors (Lipinski definition) is 9. The van der Waals surface area contributed by atoms with Crippen molar-refractivity contribution in [2.75, 3.05) is 6.61 Å². The number of rotatable bonds is 13. The lowest BCUT2D eigenvalue weighted by Crippen LogP contribution is -2.54. The van der Waals surface area contributed by atoms with E-state index in [9.17, 15) is 14.7 Å². The molecule has 11 nitrogen and oxygen atoms in total. The van der Waals surface area contributed by atoms with Crippen LogP contribution in [0.3, 0.4) is 0 Å². The number of aryl methyl sites for hydroxylation is 2. The van der Waals surface area contributed by atoms with Crippen LogP contribution in [-0.2, 0) is 42.1 Å². The Bertz CT molecular complexity index is 2570. The van der Waals surface area contributed by atoms with Gasteiger partial charge in [-0.1, -0.05) is 59.6 Å². The molecule has 0 saturated carbocycles. The Morgan fingerprint density at radius 3 is 2.39 bits per heavy atom. The van der Waals surface area contributed by atoms with Crippen molar-refractivity contribution in [1.82, 2.24) is 20.2 Å². The van der Waals surface area contributed by atoms with Crippen LogP contribution < -0.4 is 24.3 Å². The summed E-state index contributed by atoms with van der Waals surface area (Å²) in [7, 11) is 0. The molecule has 1 amide bonds. The molecule has 0 fully saturated rings. The molecule has 2 aliphatic rings. The average molecular weight is 860 g/mol. The number of carbonyl (C=O) groups is 2. The van der Waals surface area contributed by atoms with Gasteiger partial charge in [0.1, 0.15) is 36.5 Å². The molecule has 4 aromatic carbocycles. The van der Waals surface area contributed by atoms with Crippen LogP contribution in [0.2, 0.25) is 10.0 Å². The molecule has 0 bridgehead atoms. The third-order valence-corrected chi connectivity index (χ3v) is 11.8. The van der Waals surface area contributed by atoms with Gasteiger partial charge >= 0.3 is 5.97 Å². The first-order chi connectivity index (χ1) is 29.4. The first-order valence-electron chi connectivity index (χ1n) is 20.0. The summed E-state index contributed by atoms with van der Waals surface area (Å²) in [6, 6.07) is 30.0. The van der Waals surface area contributed by atoms with Gasteiger partial charge in [-0.25, -0.2) is 4.79 Å². The fourth-order valence-electron chi connectivity index (χ4n) is 7.52. The van der Waals surface area contributed by atoms with Gasteiger partial charge in [-0.3, -0.25) is 19.7 Å². The van der Waals surface area contributed by atoms with Gasteiger partial charge in [-0.05, 0) is 122 Å². The van der Waals surface area contributed by atoms with Gasteiger partial charge in [0.2, 0.25) is 5.91 Å². The lowest BCUT2D eigenvalue weighted by molar-refractivity contribution is -0.142. The highest BCUT2D eigenvalue weighted by Gasteiger charge is 2.36. The molecule has 4 heterocycles. The molecular formula is C48H44Cl2N4O7. The first kappa shape index (κ1) is 41.6. The van der Waals surface area contributed by atoms with Crippen LogP contribution in [0.15, 0.2) is 109 Å². The highest BCUT2D eigenvalue weighted by molar-refractivity contribution is 6.42. The molecule has 2 aromatic heterocycles. The van der Waals surface area contributed by atoms with Gasteiger partial charge in [0.05, 0.1) is 21.8 Å². The predicted molar refractivity (Wildman–Crippen MR) is 232 cm³/mol. The zero-order valence-corrected chi connectivity index (χ0v) is 35.4. The van der Waals surface area contributed by atoms with Crippen LogP contribution in [0.1, 0.15) is 56.6 Å². The number of carbonyl (C=O) groups excluding carboxylic acids is 1. The van der Waals surface area contributed by atoms with Crippen LogP contribution in [0, 0.1) is 20.8 Å². The maximum Gasteiger partial charge on any atom is 0.326 e. The van der Waals surface area contributed by atoms with Gasteiger partial charge in [0, 0.05) is 42.7 Å². The van der Waals surface area contributed by atoms with Crippen molar-refractivity contribution in [3.05, 3.63) is 170 Å². The number of hydrogen-bond donors (Lipinski definition) is 2. The second-order valence-electron chi connectivity index (χ2n) is 15.4. The minimum absolute atomic E-state index is 0.0891. The molecule has 0 unspecified atom stereocenters. The van der Waals surface area contributed by atoms with E-state index in [-0.39, 0.29) is 18.4 Å². The summed E-state index contributed by atoms with van der Waals surface area (Å²) >= 11 is 12.2. The van der Waals surface area contributed by atoms with Crippen LogP contribution in [0.25, 0.3) is 0 Å². The fraction of sp³-hybridized carbons (Fsp3) is 0.250. The standard InChI is InChI=1S/C48H44Cl2N4O7/c1-28-5-4-6-36(52-28)25-54-24-35-23-45-44(59-27-46(61-45)33-10-14-37(15-11-33)58-26-32-9-16-39(49)40(50)19-32)22-34(35)21-42(54)47(55)53-41(48(56)57)20-31-7-12-38(13-8-31)60-43-17-18-51-30(3)29(43)2/h4-19,22-23,41-42,46H,20-21,24-27H2,1-3H3,(H,53,55)(H,56,57)/t41-,42-,46+/m0/s1. The fourth-order valence-corrected chi connectivity index (χ4v) is 7.84. The minimum atomic E-state index is -1.16. The Kier molecular flexibility index (Phi) is 12.4. The lowest BCUT2D eigenvalue weighted by Gasteiger charge is -2.37. The molecule has 13 heteroatoms. The number of aromatic nitrogens is 2. The monoisotopic (exact) mass is 858 g/mol. The SMILES string of the molecule is Cc1cccc(CN2Cc3cc4c(cc3C[C@H]2C(=O)N[C@@H](Cc2ccc(Oc3ccnc(C)c3C)cc2)C(=O)O)OC[C@H](c2ccc(OCc3ccc(Cl)c(Cl)c3)cc2)O4)n1. The molecule has 312 valence electrons. The zero-order valence-electron chi connectivity index (χ0n) is 33.9. The highest BCUT2D eigenvalue weighted by Crippen LogP contribution is 2.41. The summed E-state index contributed by atoms with van der Waals surface area (Å²) in [5, 5.41) is 14.1. The number of nitrogens with zero attached hydrogens (tertiary/aromatic N) is 3. The zero-order chi connectivity index (χ0) is 42.6. The Hall–Kier alpha value is -6.14. The van der Waals surface area contributed by atoms with Crippen molar-refractivity contribution in [3.63, 3.8) is 0 Å². The van der Waals surface area contributed by atoms with Gasteiger partial charge in [-0.15, -0.1) is 0 Å². The van der Waals surface area contributed by atoms with Crippen LogP contribution >= 0.6 is 23.2 Å². The molecule has 0 radical (unpaired) electrons. The van der Waals surface area contributed by atoms with Gasteiger partial charge in [-0.2, -0.15) is 0 Å². The number of aliphatic carboxylic acids is 1. The number of carboxylic acid groups (broad SMARTS) is 1. The quantitative estimate of drug-likeness (QED) is 0.116. The summed E-state index contributed by atoms with van der Waals surface area (Å²) in [6.45, 7) is 7.22. The molecule has 6 aromatic rings. The first-order valence-corrected chi connectivity index (χ1v) is 20.7. The van der Waals surface area contributed by atoms with Crippen LogP contribution in [0.5, 0.6) is 28.7 Å². The smallest absolute Gasteiger partial charge is 0.326 e. The van der Waals surface area contributed by atoms with Crippen molar-refractivity contribution < 1.29 is 33.6 Å². The van der Waals surface area contributed by atoms with Crippen LogP contribution in [-0.4, -0.2) is 50.5 Å². The Balaban J connectivity index is 0.958. The number of benzene rings is 4. The molecular weight excluding hydrogens is 815 g/mol. The number of amides is 1. The molecule has 2 aliphatic heterocycles. The molecule has 61 heavy (non-hydrogen) atoms. The number of ether oxygens (including phenoxy) is 4. The largest absolute Gasteiger partial charge is 0.489 e. The summed E-state index contributed by atoms with van der Waals surface area (Å²) in [4.78, 5) is 37.9. The highest BCUT2D eigenvalue weighted by atomic mass is 35.5. The average Bonchev–Trinajstić information content (AvgIpc) is 3.25. The van der Waals surface area contributed by atoms with Crippen molar-refractivity contribution in [1.29, 1.82) is 0 Å². The van der Waals surface area contributed by atoms with E-state index in [0.29, 0.717) is 71.5 Å². The number of fused-ring (bicyclic) bond motifs is 2. The Morgan fingerprint density at radius 2 is 1.64 bits per heavy atom. The topological polar surface area (TPSA) is 132 Å². The van der Waals surface area contributed by atoms with Gasteiger partial charge in [0.25, 0.3) is 0 Å². The van der Waals surface area contributed by atoms with Crippen molar-refractivity contribution in [2.24, 2.45) is 0 Å². The van der Waals surface area contributed by atoms with E-state index in [2.05, 4.69) is 10.3 Å². The second kappa shape index (κ2) is 18.2. The maximum absolute atomic E-state index is 14.2. The molecule has 0 aliphatic carbocycles. The predicted octanol–water partition coefficient (Wildman–Crippen LogP) is 9.33. The normalized spacial score (nSPS) is 16.3. The van der Waals surface area contributed by atoms with Crippen molar-refractivity contribution in [3.8, 4) is 28.7 Å². The van der Waals surface area contributed by atoms with Crippen molar-refractivity contribution in [2.45, 2.75) is 71.5 Å². The molecule has 2 N–H and O–H groups in total. The minimum Gasteiger partial charge on any atom is -0.489 e. The third-order valence-electron chi connectivity index (χ3n) is 11.0. The summed E-state index contributed by atoms with van der Waals surface area (Å²) in [5.74, 6) is 1.70. The summed E-state index contributed by atoms with van der Waals surface area (Å²) in [6.07, 6.45) is 1.77. The van der Waals surface area contributed by atoms with E-state index >= 15 is 0 Å². The summed E-state index contributed by atoms with van der Waals surface area (Å²) < 4.78 is 24.8. The lowest BCUT2D eigenvalue weighted by atomic mass is 9.92.